The Morgan fingerprint density at radius 1 is 1.33 bits per heavy atom. The summed E-state index contributed by atoms with van der Waals surface area (Å²) >= 11 is 0. The van der Waals surface area contributed by atoms with E-state index in [1.165, 1.54) is 0 Å². The van der Waals surface area contributed by atoms with E-state index in [-0.39, 0.29) is 24.8 Å². The summed E-state index contributed by atoms with van der Waals surface area (Å²) < 4.78 is 4.79. The molecular formula is C12H21N3O3. The van der Waals surface area contributed by atoms with Gasteiger partial charge in [-0.2, -0.15) is 5.26 Å². The first-order chi connectivity index (χ1) is 8.50. The summed E-state index contributed by atoms with van der Waals surface area (Å²) in [6.07, 6.45) is 0.635. The third-order valence-electron chi connectivity index (χ3n) is 2.72. The first kappa shape index (κ1) is 16.4. The number of nitriles is 1. The van der Waals surface area contributed by atoms with Crippen molar-refractivity contribution >= 4 is 11.8 Å². The zero-order valence-electron chi connectivity index (χ0n) is 11.2. The number of rotatable bonds is 8. The highest BCUT2D eigenvalue weighted by molar-refractivity contribution is 5.85. The van der Waals surface area contributed by atoms with Gasteiger partial charge in [0.25, 0.3) is 0 Å². The lowest BCUT2D eigenvalue weighted by atomic mass is 9.88. The molecule has 102 valence electrons. The third-order valence-corrected chi connectivity index (χ3v) is 2.72. The summed E-state index contributed by atoms with van der Waals surface area (Å²) in [6, 6.07) is 1.98. The number of nitrogens with one attached hydrogen (secondary N) is 2. The van der Waals surface area contributed by atoms with Crippen LogP contribution in [-0.2, 0) is 14.3 Å². The molecular weight excluding hydrogens is 234 g/mol. The van der Waals surface area contributed by atoms with Crippen LogP contribution in [0.15, 0.2) is 0 Å². The van der Waals surface area contributed by atoms with Crippen LogP contribution in [0, 0.1) is 16.7 Å². The van der Waals surface area contributed by atoms with Gasteiger partial charge in [-0.25, -0.2) is 0 Å². The lowest BCUT2D eigenvalue weighted by molar-refractivity contribution is -0.127. The van der Waals surface area contributed by atoms with E-state index in [2.05, 4.69) is 10.6 Å². The lowest BCUT2D eigenvalue weighted by Crippen LogP contribution is -2.39. The molecule has 2 N–H and O–H groups in total. The Bertz CT molecular complexity index is 325. The summed E-state index contributed by atoms with van der Waals surface area (Å²) in [5.41, 5.74) is -1.02. The number of methoxy groups -OCH3 is 1. The SMILES string of the molecule is CCC(C)(C#N)C(=O)NCCC(=O)NCCOC. The van der Waals surface area contributed by atoms with E-state index in [4.69, 9.17) is 10.00 Å². The molecule has 0 bridgehead atoms. The third kappa shape index (κ3) is 5.64. The van der Waals surface area contributed by atoms with Crippen LogP contribution in [-0.4, -0.2) is 38.6 Å². The van der Waals surface area contributed by atoms with Crippen molar-refractivity contribution in [1.29, 1.82) is 5.26 Å². The highest BCUT2D eigenvalue weighted by atomic mass is 16.5. The van der Waals surface area contributed by atoms with Gasteiger partial charge in [-0.1, -0.05) is 6.92 Å². The Labute approximate surface area is 108 Å². The number of hydrogen-bond donors (Lipinski definition) is 2. The first-order valence-corrected chi connectivity index (χ1v) is 5.95. The topological polar surface area (TPSA) is 91.2 Å². The molecule has 18 heavy (non-hydrogen) atoms. The molecule has 2 amide bonds. The average molecular weight is 255 g/mol. The maximum absolute atomic E-state index is 11.7. The summed E-state index contributed by atoms with van der Waals surface area (Å²) in [6.45, 7) is 4.50. The molecule has 0 aliphatic heterocycles. The molecule has 0 radical (unpaired) electrons. The minimum absolute atomic E-state index is 0.150. The zero-order chi connectivity index (χ0) is 14.0. The predicted molar refractivity (Wildman–Crippen MR) is 66.5 cm³/mol. The number of amides is 2. The molecule has 0 aliphatic carbocycles. The fourth-order valence-corrected chi connectivity index (χ4v) is 1.16. The molecule has 0 aromatic carbocycles. The van der Waals surface area contributed by atoms with Crippen molar-refractivity contribution in [2.75, 3.05) is 26.8 Å². The molecule has 0 aromatic heterocycles. The van der Waals surface area contributed by atoms with Crippen LogP contribution in [0.3, 0.4) is 0 Å². The van der Waals surface area contributed by atoms with Gasteiger partial charge in [-0.3, -0.25) is 9.59 Å². The smallest absolute Gasteiger partial charge is 0.240 e. The summed E-state index contributed by atoms with van der Waals surface area (Å²) in [5.74, 6) is -0.486. The van der Waals surface area contributed by atoms with Crippen LogP contribution in [0.4, 0.5) is 0 Å². The maximum Gasteiger partial charge on any atom is 0.240 e. The van der Waals surface area contributed by atoms with Gasteiger partial charge in [0.15, 0.2) is 0 Å². The average Bonchev–Trinajstić information content (AvgIpc) is 2.38. The summed E-state index contributed by atoms with van der Waals surface area (Å²) in [7, 11) is 1.56. The number of carbonyl (C=O) groups excluding carboxylic acids is 2. The zero-order valence-corrected chi connectivity index (χ0v) is 11.2. The maximum atomic E-state index is 11.7. The molecule has 1 unspecified atom stereocenters. The Kier molecular flexibility index (Phi) is 7.72. The Morgan fingerprint density at radius 3 is 2.50 bits per heavy atom. The highest BCUT2D eigenvalue weighted by Crippen LogP contribution is 2.19. The van der Waals surface area contributed by atoms with Gasteiger partial charge in [0.1, 0.15) is 5.41 Å². The van der Waals surface area contributed by atoms with Crippen LogP contribution in [0.25, 0.3) is 0 Å². The minimum Gasteiger partial charge on any atom is -0.383 e. The second-order valence-corrected chi connectivity index (χ2v) is 4.15. The summed E-state index contributed by atoms with van der Waals surface area (Å²) in [5, 5.41) is 14.1. The van der Waals surface area contributed by atoms with E-state index in [0.717, 1.165) is 0 Å². The second-order valence-electron chi connectivity index (χ2n) is 4.15. The molecule has 0 saturated heterocycles. The molecule has 6 heteroatoms. The Balaban J connectivity index is 3.88. The van der Waals surface area contributed by atoms with Crippen molar-refractivity contribution in [2.24, 2.45) is 5.41 Å². The van der Waals surface area contributed by atoms with E-state index in [0.29, 0.717) is 19.6 Å². The van der Waals surface area contributed by atoms with Crippen LogP contribution in [0.5, 0.6) is 0 Å². The van der Waals surface area contributed by atoms with Crippen LogP contribution < -0.4 is 10.6 Å². The van der Waals surface area contributed by atoms with Crippen LogP contribution >= 0.6 is 0 Å². The van der Waals surface area contributed by atoms with Crippen molar-refractivity contribution < 1.29 is 14.3 Å². The largest absolute Gasteiger partial charge is 0.383 e. The molecule has 0 fully saturated rings. The van der Waals surface area contributed by atoms with E-state index in [1.54, 1.807) is 21.0 Å². The predicted octanol–water partition coefficient (Wildman–Crippen LogP) is 0.195. The minimum atomic E-state index is -1.02. The van der Waals surface area contributed by atoms with Crippen molar-refractivity contribution in [3.05, 3.63) is 0 Å². The number of carbonyl (C=O) groups is 2. The second kappa shape index (κ2) is 8.48. The molecule has 0 saturated carbocycles. The Morgan fingerprint density at radius 2 is 2.00 bits per heavy atom. The molecule has 0 rings (SSSR count). The van der Waals surface area contributed by atoms with Gasteiger partial charge in [-0.15, -0.1) is 0 Å². The van der Waals surface area contributed by atoms with Crippen molar-refractivity contribution in [3.63, 3.8) is 0 Å². The van der Waals surface area contributed by atoms with Crippen LogP contribution in [0.2, 0.25) is 0 Å². The quantitative estimate of drug-likeness (QED) is 0.606. The molecule has 6 nitrogen and oxygen atoms in total. The van der Waals surface area contributed by atoms with Crippen molar-refractivity contribution in [3.8, 4) is 6.07 Å². The summed E-state index contributed by atoms with van der Waals surface area (Å²) in [4.78, 5) is 23.0. The highest BCUT2D eigenvalue weighted by Gasteiger charge is 2.30. The van der Waals surface area contributed by atoms with Gasteiger partial charge >= 0.3 is 0 Å². The van der Waals surface area contributed by atoms with E-state index in [9.17, 15) is 9.59 Å². The van der Waals surface area contributed by atoms with E-state index in [1.807, 2.05) is 6.07 Å². The lowest BCUT2D eigenvalue weighted by Gasteiger charge is -2.18. The van der Waals surface area contributed by atoms with E-state index >= 15 is 0 Å². The van der Waals surface area contributed by atoms with Gasteiger partial charge in [0, 0.05) is 26.6 Å². The van der Waals surface area contributed by atoms with E-state index < -0.39 is 5.41 Å². The van der Waals surface area contributed by atoms with Gasteiger partial charge < -0.3 is 15.4 Å². The normalized spacial score (nSPS) is 13.2. The standard InChI is InChI=1S/C12H21N3O3/c1-4-12(2,9-13)11(17)15-6-5-10(16)14-7-8-18-3/h4-8H2,1-3H3,(H,14,16)(H,15,17). The first-order valence-electron chi connectivity index (χ1n) is 5.95. The molecule has 0 aromatic rings. The van der Waals surface area contributed by atoms with Gasteiger partial charge in [0.2, 0.25) is 11.8 Å². The number of hydrogen-bond acceptors (Lipinski definition) is 4. The molecule has 0 aliphatic rings. The monoisotopic (exact) mass is 255 g/mol. The van der Waals surface area contributed by atoms with Crippen molar-refractivity contribution in [2.45, 2.75) is 26.7 Å². The Hall–Kier alpha value is -1.61. The number of nitrogens with zero attached hydrogens (tertiary/aromatic N) is 1. The fraction of sp³-hybridized carbons (Fsp3) is 0.750. The number of ether oxygens (including phenoxy) is 1. The molecule has 1 atom stereocenters. The van der Waals surface area contributed by atoms with Gasteiger partial charge in [-0.05, 0) is 13.3 Å². The molecule has 0 spiro atoms. The van der Waals surface area contributed by atoms with Crippen molar-refractivity contribution in [1.82, 2.24) is 10.6 Å². The van der Waals surface area contributed by atoms with Crippen LogP contribution in [0.1, 0.15) is 26.7 Å². The fourth-order valence-electron chi connectivity index (χ4n) is 1.16. The van der Waals surface area contributed by atoms with Gasteiger partial charge in [0.05, 0.1) is 12.7 Å². The molecule has 0 heterocycles.